The highest BCUT2D eigenvalue weighted by atomic mass is 35.5. The molecule has 0 aliphatic rings. The Labute approximate surface area is 126 Å². The first-order valence-electron chi connectivity index (χ1n) is 6.63. The van der Waals surface area contributed by atoms with Gasteiger partial charge in [-0.15, -0.1) is 11.6 Å². The van der Waals surface area contributed by atoms with E-state index >= 15 is 0 Å². The molecule has 0 aliphatic carbocycles. The zero-order valence-corrected chi connectivity index (χ0v) is 12.5. The second kappa shape index (κ2) is 5.41. The van der Waals surface area contributed by atoms with Crippen LogP contribution in [0.3, 0.4) is 0 Å². The van der Waals surface area contributed by atoms with E-state index in [4.69, 9.17) is 11.6 Å². The molecule has 4 nitrogen and oxygen atoms in total. The highest BCUT2D eigenvalue weighted by molar-refractivity contribution is 6.20. The Bertz CT molecular complexity index is 797. The summed E-state index contributed by atoms with van der Waals surface area (Å²) in [5.74, 6) is 1.10. The van der Waals surface area contributed by atoms with Gasteiger partial charge >= 0.3 is 0 Å². The van der Waals surface area contributed by atoms with E-state index in [0.29, 0.717) is 23.7 Å². The van der Waals surface area contributed by atoms with Crippen molar-refractivity contribution in [2.75, 3.05) is 0 Å². The van der Waals surface area contributed by atoms with E-state index in [1.807, 2.05) is 24.5 Å². The average molecular weight is 305 g/mol. The van der Waals surface area contributed by atoms with Crippen molar-refractivity contribution in [3.63, 3.8) is 0 Å². The van der Waals surface area contributed by atoms with Crippen LogP contribution in [-0.4, -0.2) is 19.5 Å². The van der Waals surface area contributed by atoms with Gasteiger partial charge in [0.05, 0.1) is 28.6 Å². The van der Waals surface area contributed by atoms with Gasteiger partial charge in [-0.3, -0.25) is 0 Å². The number of benzene rings is 1. The molecular formula is C15H14ClFN4. The Morgan fingerprint density at radius 1 is 1.29 bits per heavy atom. The molecule has 0 saturated carbocycles. The number of imidazole rings is 1. The molecule has 0 radical (unpaired) electrons. The van der Waals surface area contributed by atoms with Crippen molar-refractivity contribution >= 4 is 22.6 Å². The zero-order chi connectivity index (χ0) is 15.0. The van der Waals surface area contributed by atoms with Gasteiger partial charge in [0, 0.05) is 6.20 Å². The molecule has 3 rings (SSSR count). The molecule has 1 unspecified atom stereocenters. The summed E-state index contributed by atoms with van der Waals surface area (Å²) in [4.78, 5) is 13.0. The van der Waals surface area contributed by atoms with Gasteiger partial charge in [-0.05, 0) is 38.1 Å². The van der Waals surface area contributed by atoms with Gasteiger partial charge in [-0.1, -0.05) is 0 Å². The maximum Gasteiger partial charge on any atom is 0.128 e. The number of hydrogen-bond acceptors (Lipinski definition) is 3. The number of rotatable bonds is 3. The molecule has 1 aromatic carbocycles. The van der Waals surface area contributed by atoms with E-state index in [2.05, 4.69) is 15.0 Å². The van der Waals surface area contributed by atoms with E-state index in [1.165, 1.54) is 12.1 Å². The van der Waals surface area contributed by atoms with Gasteiger partial charge < -0.3 is 4.57 Å². The van der Waals surface area contributed by atoms with Crippen LogP contribution in [0.4, 0.5) is 4.39 Å². The topological polar surface area (TPSA) is 43.6 Å². The summed E-state index contributed by atoms with van der Waals surface area (Å²) in [7, 11) is 0. The fourth-order valence-corrected chi connectivity index (χ4v) is 2.51. The minimum absolute atomic E-state index is 0.275. The lowest BCUT2D eigenvalue weighted by Crippen LogP contribution is -2.08. The Kier molecular flexibility index (Phi) is 3.59. The number of alkyl halides is 1. The lowest BCUT2D eigenvalue weighted by atomic mass is 10.3. The van der Waals surface area contributed by atoms with Crippen molar-refractivity contribution in [3.8, 4) is 0 Å². The summed E-state index contributed by atoms with van der Waals surface area (Å²) in [6.45, 7) is 4.16. The monoisotopic (exact) mass is 304 g/mol. The van der Waals surface area contributed by atoms with Gasteiger partial charge in [0.1, 0.15) is 17.5 Å². The Morgan fingerprint density at radius 3 is 2.81 bits per heavy atom. The molecule has 0 saturated heterocycles. The fraction of sp³-hybridized carbons (Fsp3) is 0.267. The minimum Gasteiger partial charge on any atom is -0.321 e. The first-order chi connectivity index (χ1) is 10.0. The third-order valence-electron chi connectivity index (χ3n) is 3.25. The van der Waals surface area contributed by atoms with Crippen LogP contribution in [-0.2, 0) is 6.54 Å². The molecule has 2 heterocycles. The molecule has 0 amide bonds. The molecular weight excluding hydrogens is 291 g/mol. The van der Waals surface area contributed by atoms with Crippen molar-refractivity contribution < 1.29 is 4.39 Å². The molecule has 6 heteroatoms. The SMILES string of the molecule is Cc1nccc(Cn2c(C(C)Cl)nc3ccc(F)cc32)n1. The van der Waals surface area contributed by atoms with E-state index in [9.17, 15) is 4.39 Å². The summed E-state index contributed by atoms with van der Waals surface area (Å²) in [6, 6.07) is 6.37. The Morgan fingerprint density at radius 2 is 2.10 bits per heavy atom. The summed E-state index contributed by atoms with van der Waals surface area (Å²) < 4.78 is 15.4. The number of halogens is 2. The van der Waals surface area contributed by atoms with Crippen LogP contribution >= 0.6 is 11.6 Å². The molecule has 3 aromatic rings. The minimum atomic E-state index is -0.295. The molecule has 0 bridgehead atoms. The van der Waals surface area contributed by atoms with Crippen LogP contribution in [0.2, 0.25) is 0 Å². The van der Waals surface area contributed by atoms with Gasteiger partial charge in [-0.2, -0.15) is 0 Å². The molecule has 108 valence electrons. The van der Waals surface area contributed by atoms with Gasteiger partial charge in [0.25, 0.3) is 0 Å². The predicted molar refractivity (Wildman–Crippen MR) is 79.8 cm³/mol. The summed E-state index contributed by atoms with van der Waals surface area (Å²) in [5.41, 5.74) is 2.28. The first kappa shape index (κ1) is 13.9. The molecule has 1 atom stereocenters. The number of hydrogen-bond donors (Lipinski definition) is 0. The molecule has 2 aromatic heterocycles. The lowest BCUT2D eigenvalue weighted by molar-refractivity contribution is 0.627. The standard InChI is InChI=1S/C15H14ClFN4/c1-9(16)15-20-13-4-3-11(17)7-14(13)21(15)8-12-5-6-18-10(2)19-12/h3-7,9H,8H2,1-2H3. The predicted octanol–water partition coefficient (Wildman–Crippen LogP) is 3.62. The maximum atomic E-state index is 13.5. The third kappa shape index (κ3) is 2.74. The molecule has 0 spiro atoms. The van der Waals surface area contributed by atoms with Gasteiger partial charge in [0.15, 0.2) is 0 Å². The lowest BCUT2D eigenvalue weighted by Gasteiger charge is -2.10. The van der Waals surface area contributed by atoms with Crippen LogP contribution < -0.4 is 0 Å². The van der Waals surface area contributed by atoms with Crippen molar-refractivity contribution in [2.45, 2.75) is 25.8 Å². The van der Waals surface area contributed by atoms with Crippen LogP contribution in [0.25, 0.3) is 11.0 Å². The highest BCUT2D eigenvalue weighted by Gasteiger charge is 2.16. The van der Waals surface area contributed by atoms with E-state index in [-0.39, 0.29) is 11.2 Å². The number of nitrogens with zero attached hydrogens (tertiary/aromatic N) is 4. The van der Waals surface area contributed by atoms with Crippen LogP contribution in [0.5, 0.6) is 0 Å². The molecule has 0 N–H and O–H groups in total. The largest absolute Gasteiger partial charge is 0.321 e. The van der Waals surface area contributed by atoms with Gasteiger partial charge in [-0.25, -0.2) is 19.3 Å². The third-order valence-corrected chi connectivity index (χ3v) is 3.44. The van der Waals surface area contributed by atoms with E-state index in [0.717, 1.165) is 11.2 Å². The quantitative estimate of drug-likeness (QED) is 0.694. The molecule has 0 aliphatic heterocycles. The van der Waals surface area contributed by atoms with Crippen molar-refractivity contribution in [3.05, 3.63) is 53.6 Å². The Hall–Kier alpha value is -2.01. The summed E-state index contributed by atoms with van der Waals surface area (Å²) in [5, 5.41) is -0.275. The molecule has 0 fully saturated rings. The van der Waals surface area contributed by atoms with Crippen LogP contribution in [0.15, 0.2) is 30.5 Å². The number of aromatic nitrogens is 4. The normalized spacial score (nSPS) is 12.8. The zero-order valence-electron chi connectivity index (χ0n) is 11.7. The van der Waals surface area contributed by atoms with Crippen molar-refractivity contribution in [1.29, 1.82) is 0 Å². The number of aryl methyl sites for hydroxylation is 1. The van der Waals surface area contributed by atoms with Crippen molar-refractivity contribution in [2.24, 2.45) is 0 Å². The number of fused-ring (bicyclic) bond motifs is 1. The first-order valence-corrected chi connectivity index (χ1v) is 7.06. The van der Waals surface area contributed by atoms with Gasteiger partial charge in [0.2, 0.25) is 0 Å². The van der Waals surface area contributed by atoms with Crippen LogP contribution in [0, 0.1) is 12.7 Å². The molecule has 21 heavy (non-hydrogen) atoms. The second-order valence-corrected chi connectivity index (χ2v) is 5.56. The van der Waals surface area contributed by atoms with E-state index < -0.39 is 0 Å². The fourth-order valence-electron chi connectivity index (χ4n) is 2.34. The van der Waals surface area contributed by atoms with Crippen molar-refractivity contribution in [1.82, 2.24) is 19.5 Å². The van der Waals surface area contributed by atoms with E-state index in [1.54, 1.807) is 12.3 Å². The maximum absolute atomic E-state index is 13.5. The second-order valence-electron chi connectivity index (χ2n) is 4.90. The summed E-state index contributed by atoms with van der Waals surface area (Å²) >= 11 is 6.21. The highest BCUT2D eigenvalue weighted by Crippen LogP contribution is 2.25. The Balaban J connectivity index is 2.14. The average Bonchev–Trinajstić information content (AvgIpc) is 2.77. The summed E-state index contributed by atoms with van der Waals surface area (Å²) in [6.07, 6.45) is 1.71. The smallest absolute Gasteiger partial charge is 0.128 e. The van der Waals surface area contributed by atoms with Crippen LogP contribution in [0.1, 0.15) is 29.6 Å².